The fourth-order valence-corrected chi connectivity index (χ4v) is 2.46. The van der Waals surface area contributed by atoms with E-state index in [0.717, 1.165) is 12.1 Å². The molecule has 1 amide bonds. The van der Waals surface area contributed by atoms with Crippen LogP contribution in [0.25, 0.3) is 0 Å². The van der Waals surface area contributed by atoms with Crippen molar-refractivity contribution in [3.8, 4) is 11.5 Å². The smallest absolute Gasteiger partial charge is 0.254 e. The van der Waals surface area contributed by atoms with Crippen molar-refractivity contribution in [3.05, 3.63) is 48.3 Å². The van der Waals surface area contributed by atoms with E-state index < -0.39 is 6.10 Å². The molecule has 7 heteroatoms. The van der Waals surface area contributed by atoms with Crippen LogP contribution < -0.4 is 20.1 Å². The van der Waals surface area contributed by atoms with Gasteiger partial charge >= 0.3 is 0 Å². The van der Waals surface area contributed by atoms with Crippen molar-refractivity contribution in [2.45, 2.75) is 12.7 Å². The van der Waals surface area contributed by atoms with Gasteiger partial charge in [-0.1, -0.05) is 0 Å². The van der Waals surface area contributed by atoms with Crippen LogP contribution in [0.5, 0.6) is 11.5 Å². The molecular weight excluding hydrogens is 322 g/mol. The molecule has 25 heavy (non-hydrogen) atoms. The number of ether oxygens (including phenoxy) is 3. The molecule has 1 aromatic carbocycles. The summed E-state index contributed by atoms with van der Waals surface area (Å²) in [5.41, 5.74) is 1.62. The van der Waals surface area contributed by atoms with Gasteiger partial charge in [0.2, 0.25) is 0 Å². The zero-order chi connectivity index (χ0) is 17.5. The molecule has 2 heterocycles. The molecule has 0 saturated carbocycles. The Bertz CT molecular complexity index is 703. The van der Waals surface area contributed by atoms with Crippen molar-refractivity contribution < 1.29 is 19.0 Å². The van der Waals surface area contributed by atoms with Gasteiger partial charge in [0.15, 0.2) is 11.5 Å². The zero-order valence-corrected chi connectivity index (χ0v) is 14.0. The van der Waals surface area contributed by atoms with Gasteiger partial charge in [-0.25, -0.2) is 0 Å². The van der Waals surface area contributed by atoms with Crippen molar-refractivity contribution in [2.75, 3.05) is 32.1 Å². The van der Waals surface area contributed by atoms with Crippen LogP contribution in [0.15, 0.2) is 42.7 Å². The molecule has 0 radical (unpaired) electrons. The lowest BCUT2D eigenvalue weighted by atomic mass is 10.2. The van der Waals surface area contributed by atoms with Crippen molar-refractivity contribution in [1.29, 1.82) is 0 Å². The lowest BCUT2D eigenvalue weighted by Gasteiger charge is -2.23. The Morgan fingerprint density at radius 2 is 2.16 bits per heavy atom. The Kier molecular flexibility index (Phi) is 5.81. The number of amides is 1. The molecule has 7 nitrogen and oxygen atoms in total. The summed E-state index contributed by atoms with van der Waals surface area (Å²) >= 11 is 0. The average Bonchev–Trinajstić information content (AvgIpc) is 2.68. The molecule has 132 valence electrons. The molecule has 1 aromatic heterocycles. The Morgan fingerprint density at radius 1 is 1.32 bits per heavy atom. The number of morpholine rings is 1. The van der Waals surface area contributed by atoms with Gasteiger partial charge in [-0.15, -0.1) is 0 Å². The summed E-state index contributed by atoms with van der Waals surface area (Å²) < 4.78 is 16.6. The number of aromatic nitrogens is 1. The lowest BCUT2D eigenvalue weighted by molar-refractivity contribution is -0.128. The van der Waals surface area contributed by atoms with Crippen molar-refractivity contribution in [3.63, 3.8) is 0 Å². The number of pyridine rings is 1. The van der Waals surface area contributed by atoms with Crippen LogP contribution in [0.2, 0.25) is 0 Å². The first-order valence-corrected chi connectivity index (χ1v) is 8.09. The monoisotopic (exact) mass is 343 g/mol. The highest BCUT2D eigenvalue weighted by Gasteiger charge is 2.22. The number of anilines is 1. The minimum absolute atomic E-state index is 0.183. The minimum atomic E-state index is -0.489. The third kappa shape index (κ3) is 4.68. The van der Waals surface area contributed by atoms with Crippen LogP contribution in [-0.4, -0.2) is 43.8 Å². The standard InChI is InChI=1S/C18H21N3O4/c1-23-15-3-2-14(21-18(22)17-11-20-8-9-24-17)10-16(15)25-12-13-4-6-19-7-5-13/h2-7,10,17,20H,8-9,11-12H2,1H3,(H,21,22). The predicted molar refractivity (Wildman–Crippen MR) is 92.8 cm³/mol. The van der Waals surface area contributed by atoms with E-state index in [4.69, 9.17) is 14.2 Å². The molecule has 3 rings (SSSR count). The Hall–Kier alpha value is -2.64. The van der Waals surface area contributed by atoms with E-state index in [2.05, 4.69) is 15.6 Å². The largest absolute Gasteiger partial charge is 0.493 e. The Morgan fingerprint density at radius 3 is 2.88 bits per heavy atom. The number of benzene rings is 1. The molecule has 1 aliphatic rings. The maximum Gasteiger partial charge on any atom is 0.254 e. The average molecular weight is 343 g/mol. The second-order valence-corrected chi connectivity index (χ2v) is 5.56. The number of carbonyl (C=O) groups is 1. The molecular formula is C18H21N3O4. The number of carbonyl (C=O) groups excluding carboxylic acids is 1. The number of rotatable bonds is 6. The second kappa shape index (κ2) is 8.46. The molecule has 0 aliphatic carbocycles. The maximum absolute atomic E-state index is 12.3. The van der Waals surface area contributed by atoms with Gasteiger partial charge < -0.3 is 24.8 Å². The summed E-state index contributed by atoms with van der Waals surface area (Å²) in [6.45, 7) is 2.18. The summed E-state index contributed by atoms with van der Waals surface area (Å²) in [4.78, 5) is 16.2. The van der Waals surface area contributed by atoms with E-state index in [9.17, 15) is 4.79 Å². The third-order valence-electron chi connectivity index (χ3n) is 3.79. The number of nitrogens with zero attached hydrogens (tertiary/aromatic N) is 1. The second-order valence-electron chi connectivity index (χ2n) is 5.56. The highest BCUT2D eigenvalue weighted by Crippen LogP contribution is 2.31. The fourth-order valence-electron chi connectivity index (χ4n) is 2.46. The van der Waals surface area contributed by atoms with Gasteiger partial charge in [0.1, 0.15) is 12.7 Å². The number of methoxy groups -OCH3 is 1. The van der Waals surface area contributed by atoms with Gasteiger partial charge in [0.25, 0.3) is 5.91 Å². The first kappa shape index (κ1) is 17.2. The summed E-state index contributed by atoms with van der Waals surface area (Å²) in [6, 6.07) is 9.04. The first-order valence-electron chi connectivity index (χ1n) is 8.09. The van der Waals surface area contributed by atoms with Crippen LogP contribution in [0.4, 0.5) is 5.69 Å². The summed E-state index contributed by atoms with van der Waals surface area (Å²) in [7, 11) is 1.58. The summed E-state index contributed by atoms with van der Waals surface area (Å²) in [5, 5.41) is 5.99. The van der Waals surface area contributed by atoms with Crippen molar-refractivity contribution in [1.82, 2.24) is 10.3 Å². The molecule has 2 aromatic rings. The molecule has 0 bridgehead atoms. The van der Waals surface area contributed by atoms with E-state index in [1.807, 2.05) is 12.1 Å². The molecule has 1 aliphatic heterocycles. The molecule has 2 N–H and O–H groups in total. The summed E-state index contributed by atoms with van der Waals surface area (Å²) in [5.74, 6) is 0.972. The predicted octanol–water partition coefficient (Wildman–Crippen LogP) is 1.60. The topological polar surface area (TPSA) is 81.7 Å². The van der Waals surface area contributed by atoms with Crippen LogP contribution in [-0.2, 0) is 16.1 Å². The molecule has 1 atom stereocenters. The molecule has 1 saturated heterocycles. The Balaban J connectivity index is 1.67. The van der Waals surface area contributed by atoms with Crippen LogP contribution in [0.1, 0.15) is 5.56 Å². The van der Waals surface area contributed by atoms with Gasteiger partial charge in [-0.2, -0.15) is 0 Å². The van der Waals surface area contributed by atoms with Gasteiger partial charge in [-0.3, -0.25) is 9.78 Å². The highest BCUT2D eigenvalue weighted by molar-refractivity contribution is 5.94. The number of nitrogens with one attached hydrogen (secondary N) is 2. The first-order chi connectivity index (χ1) is 12.3. The van der Waals surface area contributed by atoms with Gasteiger partial charge in [0, 0.05) is 37.2 Å². The summed E-state index contributed by atoms with van der Waals surface area (Å²) in [6.07, 6.45) is 2.94. The van der Waals surface area contributed by atoms with Crippen LogP contribution >= 0.6 is 0 Å². The van der Waals surface area contributed by atoms with E-state index in [0.29, 0.717) is 36.9 Å². The highest BCUT2D eigenvalue weighted by atomic mass is 16.5. The SMILES string of the molecule is COc1ccc(NC(=O)C2CNCCO2)cc1OCc1ccncc1. The fraction of sp³-hybridized carbons (Fsp3) is 0.333. The zero-order valence-electron chi connectivity index (χ0n) is 14.0. The minimum Gasteiger partial charge on any atom is -0.493 e. The molecule has 1 fully saturated rings. The lowest BCUT2D eigenvalue weighted by Crippen LogP contribution is -2.45. The molecule has 0 spiro atoms. The Labute approximate surface area is 146 Å². The third-order valence-corrected chi connectivity index (χ3v) is 3.79. The normalized spacial score (nSPS) is 16.9. The van der Waals surface area contributed by atoms with E-state index in [1.54, 1.807) is 37.7 Å². The van der Waals surface area contributed by atoms with E-state index in [-0.39, 0.29) is 5.91 Å². The van der Waals surface area contributed by atoms with Crippen LogP contribution in [0, 0.1) is 0 Å². The van der Waals surface area contributed by atoms with E-state index >= 15 is 0 Å². The van der Waals surface area contributed by atoms with Crippen molar-refractivity contribution >= 4 is 11.6 Å². The van der Waals surface area contributed by atoms with Gasteiger partial charge in [-0.05, 0) is 29.8 Å². The number of hydrogen-bond acceptors (Lipinski definition) is 6. The van der Waals surface area contributed by atoms with Crippen LogP contribution in [0.3, 0.4) is 0 Å². The van der Waals surface area contributed by atoms with Gasteiger partial charge in [0.05, 0.1) is 13.7 Å². The quantitative estimate of drug-likeness (QED) is 0.829. The maximum atomic E-state index is 12.3. The molecule has 1 unspecified atom stereocenters. The van der Waals surface area contributed by atoms with E-state index in [1.165, 1.54) is 0 Å². The number of hydrogen-bond donors (Lipinski definition) is 2. The van der Waals surface area contributed by atoms with Crippen molar-refractivity contribution in [2.24, 2.45) is 0 Å².